The lowest BCUT2D eigenvalue weighted by molar-refractivity contribution is 0.0478. The Morgan fingerprint density at radius 1 is 1.30 bits per heavy atom. The van der Waals surface area contributed by atoms with Gasteiger partial charge in [-0.1, -0.05) is 19.3 Å². The highest BCUT2D eigenvalue weighted by atomic mass is 16.5. The van der Waals surface area contributed by atoms with E-state index in [1.807, 2.05) is 0 Å². The molecule has 0 aromatic carbocycles. The van der Waals surface area contributed by atoms with E-state index >= 15 is 0 Å². The third-order valence-corrected chi connectivity index (χ3v) is 3.00. The van der Waals surface area contributed by atoms with Crippen LogP contribution in [0.1, 0.15) is 27.7 Å². The largest absolute Gasteiger partial charge is 0.429 e. The lowest BCUT2D eigenvalue weighted by atomic mass is 9.68. The molecule has 0 spiro atoms. The molecule has 0 atom stereocenters. The first-order valence-electron chi connectivity index (χ1n) is 3.70. The van der Waals surface area contributed by atoms with Gasteiger partial charge in [-0.2, -0.15) is 0 Å². The van der Waals surface area contributed by atoms with Gasteiger partial charge in [0, 0.05) is 5.41 Å². The molecule has 56 valence electrons. The quantitative estimate of drug-likeness (QED) is 0.462. The molecule has 1 aliphatic rings. The normalized spacial score (nSPS) is 28.2. The summed E-state index contributed by atoms with van der Waals surface area (Å²) in [5.41, 5.74) is 1.30. The topological polar surface area (TPSA) is 9.23 Å². The smallest absolute Gasteiger partial charge is 0.305 e. The fourth-order valence-electron chi connectivity index (χ4n) is 1.05. The second-order valence-corrected chi connectivity index (χ2v) is 4.03. The van der Waals surface area contributed by atoms with E-state index in [1.165, 1.54) is 5.47 Å². The molecule has 0 aromatic rings. The van der Waals surface area contributed by atoms with E-state index in [9.17, 15) is 0 Å². The van der Waals surface area contributed by atoms with Crippen molar-refractivity contribution < 1.29 is 4.65 Å². The average molecular weight is 138 g/mol. The first kappa shape index (κ1) is 7.87. The Kier molecular flexibility index (Phi) is 1.48. The summed E-state index contributed by atoms with van der Waals surface area (Å²) < 4.78 is 5.57. The predicted molar refractivity (Wildman–Crippen MR) is 45.2 cm³/mol. The van der Waals surface area contributed by atoms with Gasteiger partial charge in [0.2, 0.25) is 0 Å². The molecule has 0 aliphatic carbocycles. The third-order valence-electron chi connectivity index (χ3n) is 3.00. The van der Waals surface area contributed by atoms with E-state index < -0.39 is 0 Å². The van der Waals surface area contributed by atoms with Crippen molar-refractivity contribution in [1.29, 1.82) is 0 Å². The van der Waals surface area contributed by atoms with Crippen molar-refractivity contribution in [1.82, 2.24) is 0 Å². The number of hydrogen-bond donors (Lipinski definition) is 0. The van der Waals surface area contributed by atoms with Crippen LogP contribution in [-0.2, 0) is 4.65 Å². The van der Waals surface area contributed by atoms with Crippen LogP contribution in [-0.4, -0.2) is 13.1 Å². The predicted octanol–water partition coefficient (Wildman–Crippen LogP) is 1.69. The summed E-state index contributed by atoms with van der Waals surface area (Å²) in [6.07, 6.45) is 0. The van der Waals surface area contributed by atoms with Crippen molar-refractivity contribution in [3.63, 3.8) is 0 Å². The summed E-state index contributed by atoms with van der Waals surface area (Å²) in [5, 5.41) is 0. The van der Waals surface area contributed by atoms with Crippen LogP contribution in [0.3, 0.4) is 0 Å². The van der Waals surface area contributed by atoms with Crippen molar-refractivity contribution in [2.24, 2.45) is 5.41 Å². The van der Waals surface area contributed by atoms with Crippen LogP contribution in [0.5, 0.6) is 0 Å². The van der Waals surface area contributed by atoms with Gasteiger partial charge in [0.05, 0.1) is 5.60 Å². The molecule has 0 bridgehead atoms. The maximum absolute atomic E-state index is 5.57. The Morgan fingerprint density at radius 3 is 1.90 bits per heavy atom. The summed E-state index contributed by atoms with van der Waals surface area (Å²) in [6, 6.07) is 0. The van der Waals surface area contributed by atoms with Crippen LogP contribution in [0, 0.1) is 5.41 Å². The van der Waals surface area contributed by atoms with E-state index in [0.717, 1.165) is 7.48 Å². The molecule has 0 amide bonds. The number of hydrogen-bond acceptors (Lipinski definition) is 1. The lowest BCUT2D eigenvalue weighted by Crippen LogP contribution is -2.35. The van der Waals surface area contributed by atoms with Gasteiger partial charge in [-0.25, -0.2) is 0 Å². The van der Waals surface area contributed by atoms with Crippen LogP contribution < -0.4 is 0 Å². The molecule has 0 unspecified atom stereocenters. The standard InChI is InChI=1S/C8H15BO/c1-6-7(2,3)8(4,5)10-9-6/h9H,1H2,2-5H3. The zero-order chi connectivity index (χ0) is 7.99. The first-order valence-corrected chi connectivity index (χ1v) is 3.70. The van der Waals surface area contributed by atoms with Crippen molar-refractivity contribution in [2.45, 2.75) is 33.3 Å². The molecule has 1 heterocycles. The third kappa shape index (κ3) is 0.824. The minimum atomic E-state index is -0.0376. The van der Waals surface area contributed by atoms with Gasteiger partial charge in [-0.05, 0) is 13.8 Å². The molecule has 1 nitrogen and oxygen atoms in total. The minimum Gasteiger partial charge on any atom is -0.429 e. The Labute approximate surface area is 63.7 Å². The van der Waals surface area contributed by atoms with E-state index in [-0.39, 0.29) is 11.0 Å². The lowest BCUT2D eigenvalue weighted by Gasteiger charge is -2.34. The van der Waals surface area contributed by atoms with Gasteiger partial charge < -0.3 is 4.65 Å². The highest BCUT2D eigenvalue weighted by Crippen LogP contribution is 2.44. The van der Waals surface area contributed by atoms with Gasteiger partial charge >= 0.3 is 7.48 Å². The molecule has 0 aromatic heterocycles. The zero-order valence-corrected chi connectivity index (χ0v) is 7.32. The van der Waals surface area contributed by atoms with Crippen molar-refractivity contribution in [2.75, 3.05) is 0 Å². The summed E-state index contributed by atoms with van der Waals surface area (Å²) in [7, 11) is 0.722. The molecule has 1 saturated heterocycles. The molecular formula is C8H15BO. The van der Waals surface area contributed by atoms with E-state index in [2.05, 4.69) is 34.3 Å². The summed E-state index contributed by atoms with van der Waals surface area (Å²) in [5.74, 6) is 0. The SMILES string of the molecule is C=C1BOC(C)(C)C1(C)C. The van der Waals surface area contributed by atoms with Crippen LogP contribution in [0.4, 0.5) is 0 Å². The maximum Gasteiger partial charge on any atom is 0.305 e. The zero-order valence-electron chi connectivity index (χ0n) is 7.32. The maximum atomic E-state index is 5.57. The molecular weight excluding hydrogens is 123 g/mol. The van der Waals surface area contributed by atoms with Crippen molar-refractivity contribution in [3.05, 3.63) is 12.1 Å². The summed E-state index contributed by atoms with van der Waals surface area (Å²) in [4.78, 5) is 0. The van der Waals surface area contributed by atoms with Crippen molar-refractivity contribution >= 4 is 7.48 Å². The Hall–Kier alpha value is -0.235. The Balaban J connectivity index is 2.95. The molecule has 10 heavy (non-hydrogen) atoms. The van der Waals surface area contributed by atoms with Gasteiger partial charge in [-0.3, -0.25) is 0 Å². The van der Waals surface area contributed by atoms with Crippen LogP contribution in [0.2, 0.25) is 0 Å². The molecule has 1 fully saturated rings. The fourth-order valence-corrected chi connectivity index (χ4v) is 1.05. The van der Waals surface area contributed by atoms with Gasteiger partial charge in [0.25, 0.3) is 0 Å². The number of rotatable bonds is 0. The van der Waals surface area contributed by atoms with Gasteiger partial charge in [0.1, 0.15) is 0 Å². The first-order chi connectivity index (χ1) is 4.38. The molecule has 2 heteroatoms. The van der Waals surface area contributed by atoms with E-state index in [4.69, 9.17) is 4.65 Å². The molecule has 1 aliphatic heterocycles. The fraction of sp³-hybridized carbons (Fsp3) is 0.750. The molecule has 1 rings (SSSR count). The minimum absolute atomic E-state index is 0.0376. The van der Waals surface area contributed by atoms with Crippen LogP contribution in [0.15, 0.2) is 12.1 Å². The van der Waals surface area contributed by atoms with E-state index in [1.54, 1.807) is 0 Å². The Bertz CT molecular complexity index is 170. The highest BCUT2D eigenvalue weighted by molar-refractivity contribution is 6.39. The van der Waals surface area contributed by atoms with Crippen LogP contribution >= 0.6 is 0 Å². The monoisotopic (exact) mass is 138 g/mol. The Morgan fingerprint density at radius 2 is 1.80 bits per heavy atom. The highest BCUT2D eigenvalue weighted by Gasteiger charge is 2.45. The van der Waals surface area contributed by atoms with Gasteiger partial charge in [-0.15, -0.1) is 6.58 Å². The van der Waals surface area contributed by atoms with E-state index in [0.29, 0.717) is 0 Å². The summed E-state index contributed by atoms with van der Waals surface area (Å²) >= 11 is 0. The summed E-state index contributed by atoms with van der Waals surface area (Å²) in [6.45, 7) is 12.6. The van der Waals surface area contributed by atoms with Crippen molar-refractivity contribution in [3.8, 4) is 0 Å². The average Bonchev–Trinajstić information content (AvgIpc) is 1.94. The second-order valence-electron chi connectivity index (χ2n) is 4.03. The molecule has 0 radical (unpaired) electrons. The van der Waals surface area contributed by atoms with Crippen LogP contribution in [0.25, 0.3) is 0 Å². The molecule has 0 N–H and O–H groups in total. The molecule has 0 saturated carbocycles. The van der Waals surface area contributed by atoms with Gasteiger partial charge in [0.15, 0.2) is 0 Å². The second kappa shape index (κ2) is 1.88.